The minimum absolute atomic E-state index is 0.0469. The Hall–Kier alpha value is -1.76. The topological polar surface area (TPSA) is 41.6 Å². The predicted molar refractivity (Wildman–Crippen MR) is 84.5 cm³/mol. The van der Waals surface area contributed by atoms with E-state index in [4.69, 9.17) is 0 Å². The quantitative estimate of drug-likeness (QED) is 0.859. The third-order valence-electron chi connectivity index (χ3n) is 4.12. The lowest BCUT2D eigenvalue weighted by Gasteiger charge is -2.36. The van der Waals surface area contributed by atoms with Crippen molar-refractivity contribution in [1.29, 1.82) is 0 Å². The molecular weight excluding hydrogens is 321 g/mol. The summed E-state index contributed by atoms with van der Waals surface area (Å²) in [6, 6.07) is 6.46. The standard InChI is InChI=1S/C17H23F3N2O2/c1-13(23)21-9-8-15-6-2-3-10-22(15)12-14-5-4-7-16(11-14)24-17(18,19)20/h4-5,7,11,15H,2-3,6,8-10,12H2,1H3,(H,21,23). The number of carbonyl (C=O) groups excluding carboxylic acids is 1. The van der Waals surface area contributed by atoms with Crippen molar-refractivity contribution in [2.75, 3.05) is 13.1 Å². The zero-order valence-corrected chi connectivity index (χ0v) is 13.7. The largest absolute Gasteiger partial charge is 0.573 e. The second kappa shape index (κ2) is 8.37. The fourth-order valence-corrected chi connectivity index (χ4v) is 3.09. The molecule has 1 aliphatic rings. The molecule has 1 amide bonds. The van der Waals surface area contributed by atoms with Gasteiger partial charge in [0.25, 0.3) is 0 Å². The summed E-state index contributed by atoms with van der Waals surface area (Å²) in [5, 5.41) is 2.80. The van der Waals surface area contributed by atoms with Gasteiger partial charge in [-0.2, -0.15) is 0 Å². The summed E-state index contributed by atoms with van der Waals surface area (Å²) in [4.78, 5) is 13.3. The van der Waals surface area contributed by atoms with E-state index in [0.717, 1.165) is 37.8 Å². The Morgan fingerprint density at radius 1 is 1.38 bits per heavy atom. The van der Waals surface area contributed by atoms with Crippen LogP contribution in [-0.4, -0.2) is 36.3 Å². The van der Waals surface area contributed by atoms with Crippen molar-refractivity contribution in [2.45, 2.75) is 51.6 Å². The molecule has 0 bridgehead atoms. The highest BCUT2D eigenvalue weighted by Crippen LogP contribution is 2.26. The zero-order valence-electron chi connectivity index (χ0n) is 13.7. The lowest BCUT2D eigenvalue weighted by atomic mass is 9.98. The molecule has 1 aromatic rings. The Morgan fingerprint density at radius 2 is 2.17 bits per heavy atom. The van der Waals surface area contributed by atoms with E-state index in [0.29, 0.717) is 19.1 Å². The Morgan fingerprint density at radius 3 is 2.88 bits per heavy atom. The van der Waals surface area contributed by atoms with Crippen LogP contribution in [0.3, 0.4) is 0 Å². The van der Waals surface area contributed by atoms with Gasteiger partial charge < -0.3 is 10.1 Å². The van der Waals surface area contributed by atoms with Crippen molar-refractivity contribution in [3.63, 3.8) is 0 Å². The van der Waals surface area contributed by atoms with E-state index in [1.54, 1.807) is 6.07 Å². The summed E-state index contributed by atoms with van der Waals surface area (Å²) in [6.07, 6.45) is -0.574. The van der Waals surface area contributed by atoms with Gasteiger partial charge in [0.05, 0.1) is 0 Å². The molecule has 4 nitrogen and oxygen atoms in total. The second-order valence-corrected chi connectivity index (χ2v) is 6.09. The molecule has 1 saturated heterocycles. The minimum Gasteiger partial charge on any atom is -0.406 e. The van der Waals surface area contributed by atoms with Crippen molar-refractivity contribution < 1.29 is 22.7 Å². The highest BCUT2D eigenvalue weighted by molar-refractivity contribution is 5.72. The van der Waals surface area contributed by atoms with Gasteiger partial charge in [-0.25, -0.2) is 0 Å². The third kappa shape index (κ3) is 6.39. The maximum Gasteiger partial charge on any atom is 0.573 e. The van der Waals surface area contributed by atoms with E-state index in [2.05, 4.69) is 15.0 Å². The minimum atomic E-state index is -4.68. The Balaban J connectivity index is 1.96. The number of likely N-dealkylation sites (tertiary alicyclic amines) is 1. The molecule has 1 unspecified atom stereocenters. The van der Waals surface area contributed by atoms with Crippen LogP contribution in [0, 0.1) is 0 Å². The molecule has 1 aromatic carbocycles. The average molecular weight is 344 g/mol. The SMILES string of the molecule is CC(=O)NCCC1CCCCN1Cc1cccc(OC(F)(F)F)c1. The van der Waals surface area contributed by atoms with Gasteiger partial charge in [0.2, 0.25) is 5.91 Å². The lowest BCUT2D eigenvalue weighted by Crippen LogP contribution is -2.41. The normalized spacial score (nSPS) is 19.1. The number of nitrogens with zero attached hydrogens (tertiary/aromatic N) is 1. The van der Waals surface area contributed by atoms with E-state index in [1.807, 2.05) is 6.07 Å². The zero-order chi connectivity index (χ0) is 17.6. The van der Waals surface area contributed by atoms with Crippen LogP contribution in [0.1, 0.15) is 38.2 Å². The molecule has 2 rings (SSSR count). The van der Waals surface area contributed by atoms with Crippen LogP contribution in [0.2, 0.25) is 0 Å². The number of ether oxygens (including phenoxy) is 1. The molecule has 1 fully saturated rings. The first-order chi connectivity index (χ1) is 11.3. The molecule has 1 atom stereocenters. The van der Waals surface area contributed by atoms with Crippen LogP contribution in [0.4, 0.5) is 13.2 Å². The van der Waals surface area contributed by atoms with Gasteiger partial charge in [-0.1, -0.05) is 18.6 Å². The van der Waals surface area contributed by atoms with Gasteiger partial charge in [-0.15, -0.1) is 13.2 Å². The molecule has 0 spiro atoms. The molecule has 7 heteroatoms. The van der Waals surface area contributed by atoms with Crippen LogP contribution in [-0.2, 0) is 11.3 Å². The Bertz CT molecular complexity index is 549. The number of benzene rings is 1. The molecule has 0 saturated carbocycles. The summed E-state index contributed by atoms with van der Waals surface area (Å²) in [5.41, 5.74) is 0.795. The first-order valence-corrected chi connectivity index (χ1v) is 8.16. The third-order valence-corrected chi connectivity index (χ3v) is 4.12. The van der Waals surface area contributed by atoms with Crippen LogP contribution < -0.4 is 10.1 Å². The number of rotatable bonds is 6. The van der Waals surface area contributed by atoms with E-state index in [9.17, 15) is 18.0 Å². The summed E-state index contributed by atoms with van der Waals surface area (Å²) < 4.78 is 41.0. The van der Waals surface area contributed by atoms with Crippen LogP contribution >= 0.6 is 0 Å². The smallest absolute Gasteiger partial charge is 0.406 e. The summed E-state index contributed by atoms with van der Waals surface area (Å²) in [7, 11) is 0. The number of nitrogens with one attached hydrogen (secondary N) is 1. The maximum atomic E-state index is 12.3. The number of amides is 1. The first-order valence-electron chi connectivity index (χ1n) is 8.16. The van der Waals surface area contributed by atoms with Crippen molar-refractivity contribution in [3.05, 3.63) is 29.8 Å². The van der Waals surface area contributed by atoms with E-state index in [-0.39, 0.29) is 11.7 Å². The summed E-state index contributed by atoms with van der Waals surface area (Å²) in [6.45, 7) is 3.60. The van der Waals surface area contributed by atoms with Crippen LogP contribution in [0.5, 0.6) is 5.75 Å². The maximum absolute atomic E-state index is 12.3. The number of hydrogen-bond acceptors (Lipinski definition) is 3. The fourth-order valence-electron chi connectivity index (χ4n) is 3.09. The molecule has 1 N–H and O–H groups in total. The van der Waals surface area contributed by atoms with E-state index < -0.39 is 6.36 Å². The number of alkyl halides is 3. The fraction of sp³-hybridized carbons (Fsp3) is 0.588. The number of hydrogen-bond donors (Lipinski definition) is 1. The average Bonchev–Trinajstić information content (AvgIpc) is 2.47. The Labute approximate surface area is 140 Å². The highest BCUT2D eigenvalue weighted by atomic mass is 19.4. The van der Waals surface area contributed by atoms with Crippen LogP contribution in [0.15, 0.2) is 24.3 Å². The van der Waals surface area contributed by atoms with Crippen molar-refractivity contribution in [3.8, 4) is 5.75 Å². The van der Waals surface area contributed by atoms with Crippen molar-refractivity contribution in [1.82, 2.24) is 10.2 Å². The molecule has 0 aromatic heterocycles. The first kappa shape index (κ1) is 18.6. The monoisotopic (exact) mass is 344 g/mol. The van der Waals surface area contributed by atoms with Gasteiger partial charge in [-0.05, 0) is 43.5 Å². The van der Waals surface area contributed by atoms with Crippen LogP contribution in [0.25, 0.3) is 0 Å². The van der Waals surface area contributed by atoms with E-state index in [1.165, 1.54) is 19.1 Å². The molecule has 0 aliphatic carbocycles. The Kier molecular flexibility index (Phi) is 6.48. The second-order valence-electron chi connectivity index (χ2n) is 6.09. The van der Waals surface area contributed by atoms with Gasteiger partial charge in [0, 0.05) is 26.1 Å². The van der Waals surface area contributed by atoms with Gasteiger partial charge in [-0.3, -0.25) is 9.69 Å². The van der Waals surface area contributed by atoms with E-state index >= 15 is 0 Å². The molecule has 1 heterocycles. The number of piperidine rings is 1. The van der Waals surface area contributed by atoms with Crippen molar-refractivity contribution in [2.24, 2.45) is 0 Å². The van der Waals surface area contributed by atoms with Crippen molar-refractivity contribution >= 4 is 5.91 Å². The van der Waals surface area contributed by atoms with Gasteiger partial charge >= 0.3 is 6.36 Å². The van der Waals surface area contributed by atoms with Gasteiger partial charge in [0.1, 0.15) is 5.75 Å². The highest BCUT2D eigenvalue weighted by Gasteiger charge is 2.31. The summed E-state index contributed by atoms with van der Waals surface area (Å²) >= 11 is 0. The molecule has 1 aliphatic heterocycles. The molecular formula is C17H23F3N2O2. The molecule has 134 valence electrons. The van der Waals surface area contributed by atoms with Gasteiger partial charge in [0.15, 0.2) is 0 Å². The molecule has 24 heavy (non-hydrogen) atoms. The predicted octanol–water partition coefficient (Wildman–Crippen LogP) is 3.47. The number of carbonyl (C=O) groups is 1. The number of halogens is 3. The molecule has 0 radical (unpaired) electrons. The lowest BCUT2D eigenvalue weighted by molar-refractivity contribution is -0.274. The summed E-state index contributed by atoms with van der Waals surface area (Å²) in [5.74, 6) is -0.235.